The molecule has 3 nitrogen and oxygen atoms in total. The maximum absolute atomic E-state index is 12.7. The van der Waals surface area contributed by atoms with E-state index in [1.807, 2.05) is 0 Å². The summed E-state index contributed by atoms with van der Waals surface area (Å²) in [5, 5.41) is -0.108. The summed E-state index contributed by atoms with van der Waals surface area (Å²) in [6.07, 6.45) is 0.716. The van der Waals surface area contributed by atoms with Crippen LogP contribution in [0.5, 0.6) is 5.75 Å². The number of amides is 1. The van der Waals surface area contributed by atoms with Gasteiger partial charge in [0.05, 0.1) is 12.4 Å². The summed E-state index contributed by atoms with van der Waals surface area (Å²) < 4.78 is 6.23. The fraction of sp³-hybridized carbons (Fsp3) is 0.579. The molecule has 132 valence electrons. The quantitative estimate of drug-likeness (QED) is 0.692. The molecule has 1 saturated heterocycles. The van der Waals surface area contributed by atoms with Crippen LogP contribution in [0.3, 0.4) is 0 Å². The normalized spacial score (nSPS) is 18.2. The van der Waals surface area contributed by atoms with E-state index in [2.05, 4.69) is 46.8 Å². The molecular weight excluding hydrogens is 338 g/mol. The monoisotopic (exact) mass is 365 g/mol. The molecule has 1 aromatic rings. The minimum Gasteiger partial charge on any atom is -0.496 e. The summed E-state index contributed by atoms with van der Waals surface area (Å²) in [5.41, 5.74) is 3.56. The molecular formula is C19H27NO2S2. The largest absolute Gasteiger partial charge is 0.496 e. The summed E-state index contributed by atoms with van der Waals surface area (Å²) >= 11 is 6.95. The smallest absolute Gasteiger partial charge is 0.241 e. The predicted octanol–water partition coefficient (Wildman–Crippen LogP) is 4.55. The van der Waals surface area contributed by atoms with Gasteiger partial charge in [-0.05, 0) is 47.9 Å². The van der Waals surface area contributed by atoms with Gasteiger partial charge in [-0.3, -0.25) is 9.69 Å². The van der Waals surface area contributed by atoms with E-state index >= 15 is 0 Å². The topological polar surface area (TPSA) is 29.5 Å². The fourth-order valence-corrected chi connectivity index (χ4v) is 4.49. The first kappa shape index (κ1) is 19.3. The van der Waals surface area contributed by atoms with Crippen molar-refractivity contribution in [2.24, 2.45) is 5.92 Å². The predicted molar refractivity (Wildman–Crippen MR) is 106 cm³/mol. The van der Waals surface area contributed by atoms with E-state index in [1.165, 1.54) is 22.9 Å². The van der Waals surface area contributed by atoms with Crippen molar-refractivity contribution < 1.29 is 9.53 Å². The summed E-state index contributed by atoms with van der Waals surface area (Å²) in [7, 11) is 1.71. The Balaban J connectivity index is 2.24. The molecule has 5 heteroatoms. The lowest BCUT2D eigenvalue weighted by atomic mass is 9.94. The minimum absolute atomic E-state index is 0.108. The molecule has 0 unspecified atom stereocenters. The van der Waals surface area contributed by atoms with E-state index in [-0.39, 0.29) is 11.2 Å². The van der Waals surface area contributed by atoms with Crippen LogP contribution in [0.2, 0.25) is 0 Å². The van der Waals surface area contributed by atoms with Crippen molar-refractivity contribution in [3.05, 3.63) is 28.8 Å². The summed E-state index contributed by atoms with van der Waals surface area (Å²) in [4.78, 5) is 14.5. The van der Waals surface area contributed by atoms with Gasteiger partial charge in [0, 0.05) is 6.54 Å². The van der Waals surface area contributed by atoms with Crippen molar-refractivity contribution >= 4 is 34.2 Å². The third kappa shape index (κ3) is 4.12. The van der Waals surface area contributed by atoms with Crippen LogP contribution in [0.4, 0.5) is 0 Å². The Morgan fingerprint density at radius 2 is 1.96 bits per heavy atom. The Morgan fingerprint density at radius 1 is 1.29 bits per heavy atom. The number of nitrogens with zero attached hydrogens (tertiary/aromatic N) is 1. The second kappa shape index (κ2) is 7.87. The first-order valence-corrected chi connectivity index (χ1v) is 9.72. The molecule has 1 aliphatic heterocycles. The highest BCUT2D eigenvalue weighted by atomic mass is 32.2. The van der Waals surface area contributed by atoms with Gasteiger partial charge in [-0.15, -0.1) is 0 Å². The van der Waals surface area contributed by atoms with E-state index < -0.39 is 0 Å². The van der Waals surface area contributed by atoms with Gasteiger partial charge in [0.25, 0.3) is 0 Å². The molecule has 0 aliphatic carbocycles. The average molecular weight is 366 g/mol. The van der Waals surface area contributed by atoms with E-state index in [0.29, 0.717) is 29.1 Å². The zero-order valence-electron chi connectivity index (χ0n) is 15.4. The fourth-order valence-electron chi connectivity index (χ4n) is 2.95. The van der Waals surface area contributed by atoms with Crippen molar-refractivity contribution in [1.29, 1.82) is 0 Å². The van der Waals surface area contributed by atoms with Crippen molar-refractivity contribution in [1.82, 2.24) is 4.90 Å². The lowest BCUT2D eigenvalue weighted by Gasteiger charge is -2.19. The number of ether oxygens (including phenoxy) is 1. The molecule has 0 radical (unpaired) electrons. The number of thiocarbonyl (C=S) groups is 1. The highest BCUT2D eigenvalue weighted by molar-refractivity contribution is 8.24. The number of hydrogen-bond donors (Lipinski definition) is 0. The van der Waals surface area contributed by atoms with Crippen LogP contribution in [-0.2, 0) is 11.2 Å². The molecule has 0 bridgehead atoms. The van der Waals surface area contributed by atoms with Crippen LogP contribution in [0, 0.1) is 12.8 Å². The number of hydrogen-bond acceptors (Lipinski definition) is 4. The summed E-state index contributed by atoms with van der Waals surface area (Å²) in [6, 6.07) is 4.28. The van der Waals surface area contributed by atoms with Crippen LogP contribution in [-0.4, -0.2) is 34.0 Å². The number of carbonyl (C=O) groups is 1. The first-order chi connectivity index (χ1) is 11.2. The second-order valence-corrected chi connectivity index (χ2v) is 8.93. The highest BCUT2D eigenvalue weighted by Gasteiger charge is 2.37. The van der Waals surface area contributed by atoms with Crippen LogP contribution in [0.25, 0.3) is 0 Å². The first-order valence-electron chi connectivity index (χ1n) is 8.44. The van der Waals surface area contributed by atoms with Crippen molar-refractivity contribution in [2.75, 3.05) is 13.7 Å². The van der Waals surface area contributed by atoms with Gasteiger partial charge in [-0.25, -0.2) is 0 Å². The average Bonchev–Trinajstić information content (AvgIpc) is 2.75. The van der Waals surface area contributed by atoms with Gasteiger partial charge in [-0.2, -0.15) is 0 Å². The molecule has 1 aliphatic rings. The Labute approximate surface area is 155 Å². The summed E-state index contributed by atoms with van der Waals surface area (Å²) in [5.74, 6) is 1.87. The third-order valence-corrected chi connectivity index (χ3v) is 5.85. The van der Waals surface area contributed by atoms with E-state index in [0.717, 1.165) is 11.3 Å². The molecule has 24 heavy (non-hydrogen) atoms. The lowest BCUT2D eigenvalue weighted by molar-refractivity contribution is -0.126. The molecule has 0 saturated carbocycles. The highest BCUT2D eigenvalue weighted by Crippen LogP contribution is 2.34. The van der Waals surface area contributed by atoms with Crippen molar-refractivity contribution in [3.63, 3.8) is 0 Å². The molecule has 2 rings (SSSR count). The van der Waals surface area contributed by atoms with Crippen LogP contribution < -0.4 is 4.74 Å². The molecule has 1 heterocycles. The Morgan fingerprint density at radius 3 is 2.50 bits per heavy atom. The molecule has 1 fully saturated rings. The molecule has 1 amide bonds. The summed E-state index contributed by atoms with van der Waals surface area (Å²) in [6.45, 7) is 11.3. The Bertz CT molecular complexity index is 640. The number of thioether (sulfide) groups is 1. The standard InChI is InChI=1S/C19H27NO2S2/c1-11(2)10-20-18(21)17(24-19(20)23)9-14-8-15(12(3)4)16(22-6)7-13(14)5/h7-8,11-12,17H,9-10H2,1-6H3/t17-/m1/s1. The number of rotatable bonds is 6. The number of carbonyl (C=O) groups excluding carboxylic acids is 1. The maximum atomic E-state index is 12.7. The van der Waals surface area contributed by atoms with Crippen LogP contribution >= 0.6 is 24.0 Å². The Kier molecular flexibility index (Phi) is 6.32. The lowest BCUT2D eigenvalue weighted by Crippen LogP contribution is -2.35. The third-order valence-electron chi connectivity index (χ3n) is 4.27. The van der Waals surface area contributed by atoms with Crippen molar-refractivity contribution in [2.45, 2.75) is 52.2 Å². The molecule has 0 spiro atoms. The maximum Gasteiger partial charge on any atom is 0.241 e. The molecule has 0 N–H and O–H groups in total. The zero-order valence-corrected chi connectivity index (χ0v) is 17.0. The SMILES string of the molecule is COc1cc(C)c(C[C@H]2SC(=S)N(CC(C)C)C2=O)cc1C(C)C. The van der Waals surface area contributed by atoms with E-state index in [1.54, 1.807) is 12.0 Å². The van der Waals surface area contributed by atoms with Gasteiger partial charge in [-0.1, -0.05) is 57.7 Å². The second-order valence-electron chi connectivity index (χ2n) is 7.09. The van der Waals surface area contributed by atoms with E-state index in [4.69, 9.17) is 17.0 Å². The number of aryl methyl sites for hydroxylation is 1. The van der Waals surface area contributed by atoms with Crippen LogP contribution in [0.1, 0.15) is 50.3 Å². The molecule has 1 atom stereocenters. The Hall–Kier alpha value is -1.07. The van der Waals surface area contributed by atoms with Gasteiger partial charge in [0.15, 0.2) is 0 Å². The van der Waals surface area contributed by atoms with Gasteiger partial charge in [0.1, 0.15) is 10.1 Å². The van der Waals surface area contributed by atoms with Gasteiger partial charge in [0.2, 0.25) is 5.91 Å². The van der Waals surface area contributed by atoms with Gasteiger partial charge < -0.3 is 4.74 Å². The van der Waals surface area contributed by atoms with Crippen molar-refractivity contribution in [3.8, 4) is 5.75 Å². The molecule has 1 aromatic carbocycles. The number of methoxy groups -OCH3 is 1. The zero-order chi connectivity index (χ0) is 18.0. The minimum atomic E-state index is -0.108. The van der Waals surface area contributed by atoms with E-state index in [9.17, 15) is 4.79 Å². The number of benzene rings is 1. The van der Waals surface area contributed by atoms with Gasteiger partial charge >= 0.3 is 0 Å². The molecule has 0 aromatic heterocycles. The van der Waals surface area contributed by atoms with Crippen LogP contribution in [0.15, 0.2) is 12.1 Å².